The van der Waals surface area contributed by atoms with Crippen LogP contribution >= 0.6 is 0 Å². The first kappa shape index (κ1) is 22.2. The van der Waals surface area contributed by atoms with Crippen LogP contribution in [0.2, 0.25) is 0 Å². The van der Waals surface area contributed by atoms with Gasteiger partial charge in [0.1, 0.15) is 17.1 Å². The van der Waals surface area contributed by atoms with Crippen LogP contribution in [-0.2, 0) is 5.41 Å². The van der Waals surface area contributed by atoms with Gasteiger partial charge in [0.2, 0.25) is 0 Å². The maximum atomic E-state index is 10.9. The predicted molar refractivity (Wildman–Crippen MR) is 109 cm³/mol. The summed E-state index contributed by atoms with van der Waals surface area (Å²) in [6, 6.07) is 9.38. The maximum Gasteiger partial charge on any atom is 0.339 e. The van der Waals surface area contributed by atoms with Gasteiger partial charge in [0.05, 0.1) is 11.7 Å². The van der Waals surface area contributed by atoms with Crippen LogP contribution in [0.5, 0.6) is 11.5 Å². The van der Waals surface area contributed by atoms with Crippen LogP contribution in [0.4, 0.5) is 5.69 Å². The summed E-state index contributed by atoms with van der Waals surface area (Å²) in [5, 5.41) is 27.2. The molecule has 0 spiro atoms. The first-order valence-electron chi connectivity index (χ1n) is 8.97. The second-order valence-corrected chi connectivity index (χ2v) is 7.50. The van der Waals surface area contributed by atoms with Crippen LogP contribution in [0.15, 0.2) is 36.4 Å². The number of aldehydes is 1. The van der Waals surface area contributed by atoms with Gasteiger partial charge >= 0.3 is 5.97 Å². The number of carboxylic acids is 1. The van der Waals surface area contributed by atoms with E-state index in [9.17, 15) is 14.7 Å². The van der Waals surface area contributed by atoms with E-state index in [4.69, 9.17) is 10.2 Å². The van der Waals surface area contributed by atoms with Gasteiger partial charge in [-0.3, -0.25) is 9.69 Å². The van der Waals surface area contributed by atoms with Crippen LogP contribution < -0.4 is 4.90 Å². The number of carboxylic acid groups (broad SMARTS) is 1. The molecule has 8 heteroatoms. The van der Waals surface area contributed by atoms with Crippen molar-refractivity contribution in [3.8, 4) is 11.5 Å². The van der Waals surface area contributed by atoms with E-state index in [0.29, 0.717) is 18.0 Å². The molecule has 2 atom stereocenters. The molecule has 2 aromatic rings. The molecule has 8 nitrogen and oxygen atoms in total. The molecule has 29 heavy (non-hydrogen) atoms. The van der Waals surface area contributed by atoms with E-state index in [-0.39, 0.29) is 28.0 Å². The van der Waals surface area contributed by atoms with Gasteiger partial charge in [0.15, 0.2) is 6.29 Å². The largest absolute Gasteiger partial charge is 0.507 e. The Morgan fingerprint density at radius 1 is 1.17 bits per heavy atom. The van der Waals surface area contributed by atoms with Gasteiger partial charge in [0, 0.05) is 24.7 Å². The number of hydrogen-bond donors (Lipinski definition) is 3. The molecule has 156 valence electrons. The highest BCUT2D eigenvalue weighted by Crippen LogP contribution is 2.52. The van der Waals surface area contributed by atoms with Crippen LogP contribution in [0, 0.1) is 0 Å². The number of para-hydroxylation sites is 1. The second-order valence-electron chi connectivity index (χ2n) is 7.50. The number of carbonyl (C=O) groups is 2. The molecule has 2 aliphatic heterocycles. The number of aromatic carboxylic acids is 1. The zero-order valence-electron chi connectivity index (χ0n) is 16.6. The Balaban J connectivity index is 0.000000234. The van der Waals surface area contributed by atoms with Gasteiger partial charge < -0.3 is 25.7 Å². The first-order valence-corrected chi connectivity index (χ1v) is 8.97. The number of rotatable bonds is 2. The Kier molecular flexibility index (Phi) is 6.20. The highest BCUT2D eigenvalue weighted by Gasteiger charge is 2.52. The van der Waals surface area contributed by atoms with Gasteiger partial charge in [-0.15, -0.1) is 0 Å². The fourth-order valence-electron chi connectivity index (χ4n) is 4.37. The van der Waals surface area contributed by atoms with Crippen molar-refractivity contribution in [2.75, 3.05) is 25.5 Å². The van der Waals surface area contributed by atoms with Gasteiger partial charge in [0.25, 0.3) is 0 Å². The third-order valence-corrected chi connectivity index (χ3v) is 5.74. The molecule has 0 radical (unpaired) electrons. The molecule has 4 rings (SSSR count). The van der Waals surface area contributed by atoms with Crippen LogP contribution in [0.25, 0.3) is 0 Å². The lowest BCUT2D eigenvalue weighted by Gasteiger charge is -2.32. The average Bonchev–Trinajstić information content (AvgIpc) is 3.07. The summed E-state index contributed by atoms with van der Waals surface area (Å²) in [4.78, 5) is 25.7. The van der Waals surface area contributed by atoms with Gasteiger partial charge in [-0.1, -0.05) is 19.1 Å². The van der Waals surface area contributed by atoms with Crippen molar-refractivity contribution in [2.24, 2.45) is 0 Å². The number of phenolic OH excluding ortho intramolecular Hbond substituents is 1. The molecule has 0 bridgehead atoms. The molecule has 0 unspecified atom stereocenters. The standard InChI is InChI=1S/C14H18N2O2.C7H6O3.H2O/c1-14-4-5-15(2)13(14)16(3)11-6-9(8-17)12(18)7-10(11)14;8-6-4-2-1-3-5(6)7(9)10;/h6-8,13,18H,4-5H2,1-3H3;1-4,8H,(H,9,10);1H2/t13-,14+;;/m1../s1. The van der Waals surface area contributed by atoms with E-state index in [2.05, 4.69) is 30.8 Å². The summed E-state index contributed by atoms with van der Waals surface area (Å²) < 4.78 is 0. The number of fused-ring (bicyclic) bond motifs is 3. The monoisotopic (exact) mass is 402 g/mol. The number of hydrogen-bond acceptors (Lipinski definition) is 6. The normalized spacial score (nSPS) is 22.0. The summed E-state index contributed by atoms with van der Waals surface area (Å²) in [5.41, 5.74) is 2.56. The Morgan fingerprint density at radius 2 is 1.83 bits per heavy atom. The molecule has 1 saturated heterocycles. The number of carbonyl (C=O) groups excluding carboxylic acids is 1. The number of likely N-dealkylation sites (tertiary alicyclic amines) is 1. The fraction of sp³-hybridized carbons (Fsp3) is 0.333. The fourth-order valence-corrected chi connectivity index (χ4v) is 4.37. The number of anilines is 1. The number of aromatic hydroxyl groups is 2. The minimum absolute atomic E-state index is 0. The molecule has 2 heterocycles. The lowest BCUT2D eigenvalue weighted by Crippen LogP contribution is -2.45. The molecule has 2 aliphatic rings. The summed E-state index contributed by atoms with van der Waals surface area (Å²) in [6.07, 6.45) is 2.10. The summed E-state index contributed by atoms with van der Waals surface area (Å²) in [6.45, 7) is 3.30. The SMILES string of the molecule is CN1CC[C@@]2(C)c3cc(O)c(C=O)cc3N(C)[C@@H]12.O.O=C(O)c1ccccc1O. The van der Waals surface area contributed by atoms with Crippen molar-refractivity contribution in [3.05, 3.63) is 53.1 Å². The smallest absolute Gasteiger partial charge is 0.339 e. The minimum Gasteiger partial charge on any atom is -0.507 e. The topological polar surface area (TPSA) is 133 Å². The predicted octanol–water partition coefficient (Wildman–Crippen LogP) is 1.84. The summed E-state index contributed by atoms with van der Waals surface area (Å²) >= 11 is 0. The van der Waals surface area contributed by atoms with Crippen molar-refractivity contribution >= 4 is 17.9 Å². The number of benzene rings is 2. The Hall–Kier alpha value is -3.10. The van der Waals surface area contributed by atoms with E-state index in [1.807, 2.05) is 0 Å². The van der Waals surface area contributed by atoms with Gasteiger partial charge in [-0.2, -0.15) is 0 Å². The molecule has 1 fully saturated rings. The van der Waals surface area contributed by atoms with Crippen molar-refractivity contribution in [1.82, 2.24) is 4.90 Å². The molecule has 0 amide bonds. The zero-order valence-corrected chi connectivity index (χ0v) is 16.6. The molecule has 0 aromatic heterocycles. The highest BCUT2D eigenvalue weighted by molar-refractivity contribution is 5.90. The average molecular weight is 402 g/mol. The third kappa shape index (κ3) is 3.64. The molecule has 0 aliphatic carbocycles. The molecule has 0 saturated carbocycles. The van der Waals surface area contributed by atoms with E-state index in [1.165, 1.54) is 12.1 Å². The Bertz CT molecular complexity index is 931. The van der Waals surface area contributed by atoms with Crippen molar-refractivity contribution in [1.29, 1.82) is 0 Å². The first-order chi connectivity index (χ1) is 13.2. The quantitative estimate of drug-likeness (QED) is 0.653. The van der Waals surface area contributed by atoms with E-state index >= 15 is 0 Å². The second kappa shape index (κ2) is 8.10. The lowest BCUT2D eigenvalue weighted by atomic mass is 9.81. The van der Waals surface area contributed by atoms with Gasteiger partial charge in [-0.25, -0.2) is 4.79 Å². The molecular weight excluding hydrogens is 376 g/mol. The third-order valence-electron chi connectivity index (χ3n) is 5.74. The van der Waals surface area contributed by atoms with E-state index in [1.54, 1.807) is 24.3 Å². The highest BCUT2D eigenvalue weighted by atomic mass is 16.4. The molecular formula is C21H26N2O6. The van der Waals surface area contributed by atoms with Crippen LogP contribution in [0.3, 0.4) is 0 Å². The van der Waals surface area contributed by atoms with Crippen molar-refractivity contribution < 1.29 is 30.4 Å². The van der Waals surface area contributed by atoms with Crippen LogP contribution in [0.1, 0.15) is 39.6 Å². The Labute approximate surface area is 168 Å². The van der Waals surface area contributed by atoms with Crippen molar-refractivity contribution in [2.45, 2.75) is 24.9 Å². The van der Waals surface area contributed by atoms with Gasteiger partial charge in [-0.05, 0) is 43.3 Å². The zero-order chi connectivity index (χ0) is 20.6. The van der Waals surface area contributed by atoms with E-state index in [0.717, 1.165) is 24.2 Å². The summed E-state index contributed by atoms with van der Waals surface area (Å²) in [7, 11) is 4.18. The lowest BCUT2D eigenvalue weighted by molar-refractivity contribution is 0.0693. The number of nitrogens with zero attached hydrogens (tertiary/aromatic N) is 2. The van der Waals surface area contributed by atoms with E-state index < -0.39 is 5.97 Å². The number of likely N-dealkylation sites (N-methyl/N-ethyl adjacent to an activating group) is 2. The number of phenols is 2. The minimum atomic E-state index is -1.11. The van der Waals surface area contributed by atoms with Crippen LogP contribution in [-0.4, -0.2) is 64.8 Å². The Morgan fingerprint density at radius 3 is 2.38 bits per heavy atom. The molecule has 2 aromatic carbocycles. The van der Waals surface area contributed by atoms with Crippen molar-refractivity contribution in [3.63, 3.8) is 0 Å². The molecule has 5 N–H and O–H groups in total. The summed E-state index contributed by atoms with van der Waals surface area (Å²) in [5.74, 6) is -1.22. The maximum absolute atomic E-state index is 10.9.